The zero-order chi connectivity index (χ0) is 31.7. The van der Waals surface area contributed by atoms with Crippen molar-refractivity contribution in [3.05, 3.63) is 83.9 Å². The largest absolute Gasteiger partial charge is 0.490 e. The van der Waals surface area contributed by atoms with Crippen molar-refractivity contribution in [1.29, 1.82) is 0 Å². The number of hydrogen-bond donors (Lipinski definition) is 4. The number of aromatic nitrogens is 2. The van der Waals surface area contributed by atoms with Crippen molar-refractivity contribution in [3.63, 3.8) is 0 Å². The summed E-state index contributed by atoms with van der Waals surface area (Å²) in [5.74, 6) is -0.555. The van der Waals surface area contributed by atoms with E-state index in [4.69, 9.17) is 31.5 Å². The van der Waals surface area contributed by atoms with Crippen LogP contribution in [0.25, 0.3) is 10.9 Å². The summed E-state index contributed by atoms with van der Waals surface area (Å²) in [6.45, 7) is 1.24. The van der Waals surface area contributed by atoms with Gasteiger partial charge in [0.15, 0.2) is 0 Å². The molecule has 14 heteroatoms. The maximum atomic E-state index is 12.6. The molecule has 0 radical (unpaired) electrons. The molecule has 0 unspecified atom stereocenters. The number of carbonyl (C=O) groups is 1. The molecule has 9 nitrogen and oxygen atoms in total. The summed E-state index contributed by atoms with van der Waals surface area (Å²) in [6, 6.07) is 24.2. The molecule has 44 heavy (non-hydrogen) atoms. The normalized spacial score (nSPS) is 16.9. The number of sulfonamides is 1. The molecule has 1 aliphatic carbocycles. The zero-order valence-electron chi connectivity index (χ0n) is 23.4. The molecular weight excluding hydrogens is 619 g/mol. The minimum atomic E-state index is -5.08. The number of rotatable bonds is 9. The van der Waals surface area contributed by atoms with Gasteiger partial charge in [-0.05, 0) is 86.1 Å². The Balaban J connectivity index is 0.000000566. The van der Waals surface area contributed by atoms with E-state index in [1.54, 1.807) is 12.1 Å². The van der Waals surface area contributed by atoms with Crippen LogP contribution in [0.2, 0.25) is 5.02 Å². The highest BCUT2D eigenvalue weighted by Gasteiger charge is 2.38. The second kappa shape index (κ2) is 14.7. The molecule has 4 N–H and O–H groups in total. The van der Waals surface area contributed by atoms with Gasteiger partial charge in [0.2, 0.25) is 16.0 Å². The lowest BCUT2D eigenvalue weighted by molar-refractivity contribution is -0.192. The summed E-state index contributed by atoms with van der Waals surface area (Å²) in [5, 5.41) is 15.5. The van der Waals surface area contributed by atoms with E-state index < -0.39 is 22.2 Å². The summed E-state index contributed by atoms with van der Waals surface area (Å²) in [4.78, 5) is 18.6. The first-order chi connectivity index (χ1) is 20.9. The fourth-order valence-electron chi connectivity index (χ4n) is 4.71. The SMILES string of the molecule is O=C(O)C(F)(F)F.O=S(=O)(NCC1CCC(CNc2nc(Nc3ccccc3)c3ccccc3n2)CC1)c1ccc(Cl)cc1. The third-order valence-corrected chi connectivity index (χ3v) is 8.77. The van der Waals surface area contributed by atoms with Crippen molar-refractivity contribution in [2.75, 3.05) is 23.7 Å². The highest BCUT2D eigenvalue weighted by atomic mass is 35.5. The number of nitrogens with zero attached hydrogens (tertiary/aromatic N) is 2. The van der Waals surface area contributed by atoms with E-state index >= 15 is 0 Å². The molecule has 1 fully saturated rings. The van der Waals surface area contributed by atoms with Gasteiger partial charge in [0.05, 0.1) is 10.4 Å². The number of alkyl halides is 3. The third-order valence-electron chi connectivity index (χ3n) is 7.08. The molecule has 0 amide bonds. The minimum absolute atomic E-state index is 0.242. The quantitative estimate of drug-likeness (QED) is 0.155. The summed E-state index contributed by atoms with van der Waals surface area (Å²) in [5.41, 5.74) is 1.86. The van der Waals surface area contributed by atoms with E-state index in [9.17, 15) is 21.6 Å². The van der Waals surface area contributed by atoms with Gasteiger partial charge in [-0.3, -0.25) is 0 Å². The van der Waals surface area contributed by atoms with Crippen molar-refractivity contribution in [2.45, 2.75) is 36.8 Å². The Labute approximate surface area is 257 Å². The Bertz CT molecular complexity index is 1650. The number of fused-ring (bicyclic) bond motifs is 1. The van der Waals surface area contributed by atoms with E-state index in [1.165, 1.54) is 12.1 Å². The Morgan fingerprint density at radius 1 is 0.864 bits per heavy atom. The Morgan fingerprint density at radius 2 is 1.43 bits per heavy atom. The van der Waals surface area contributed by atoms with Crippen LogP contribution in [0.1, 0.15) is 25.7 Å². The molecule has 3 aromatic carbocycles. The second-order valence-corrected chi connectivity index (χ2v) is 12.5. The van der Waals surface area contributed by atoms with Gasteiger partial charge in [0.1, 0.15) is 5.82 Å². The number of halogens is 4. The van der Waals surface area contributed by atoms with Crippen molar-refractivity contribution in [1.82, 2.24) is 14.7 Å². The van der Waals surface area contributed by atoms with Crippen LogP contribution in [0, 0.1) is 11.8 Å². The first kappa shape index (κ1) is 33.0. The lowest BCUT2D eigenvalue weighted by Crippen LogP contribution is -2.32. The van der Waals surface area contributed by atoms with Crippen LogP contribution in [0.3, 0.4) is 0 Å². The summed E-state index contributed by atoms with van der Waals surface area (Å²) in [6.07, 6.45) is -1.06. The van der Waals surface area contributed by atoms with Crippen LogP contribution in [-0.2, 0) is 14.8 Å². The lowest BCUT2D eigenvalue weighted by atomic mass is 9.82. The van der Waals surface area contributed by atoms with E-state index in [0.29, 0.717) is 29.4 Å². The van der Waals surface area contributed by atoms with Gasteiger partial charge >= 0.3 is 12.1 Å². The standard InChI is InChI=1S/C28H30ClN5O2S.C2HF3O2/c29-22-14-16-24(17-15-22)37(35,36)31-19-21-12-10-20(11-13-21)18-30-28-33-26-9-5-4-8-25(26)27(34-28)32-23-6-2-1-3-7-23;3-2(4,5)1(6)7/h1-9,14-17,20-21,31H,10-13,18-19H2,(H2,30,32,33,34);(H,6,7). The fraction of sp³-hybridized carbons (Fsp3) is 0.300. The van der Waals surface area contributed by atoms with Crippen molar-refractivity contribution >= 4 is 56.0 Å². The van der Waals surface area contributed by atoms with Gasteiger partial charge in [0.25, 0.3) is 0 Å². The van der Waals surface area contributed by atoms with Gasteiger partial charge in [-0.15, -0.1) is 0 Å². The molecular formula is C30H31ClF3N5O4S. The van der Waals surface area contributed by atoms with E-state index in [2.05, 4.69) is 15.4 Å². The van der Waals surface area contributed by atoms with Gasteiger partial charge < -0.3 is 15.7 Å². The first-order valence-electron chi connectivity index (χ1n) is 13.8. The molecule has 0 spiro atoms. The fourth-order valence-corrected chi connectivity index (χ4v) is 5.95. The molecule has 1 saturated carbocycles. The summed E-state index contributed by atoms with van der Waals surface area (Å²) >= 11 is 5.87. The molecule has 0 bridgehead atoms. The maximum Gasteiger partial charge on any atom is 0.490 e. The smallest absolute Gasteiger partial charge is 0.475 e. The number of para-hydroxylation sites is 2. The monoisotopic (exact) mass is 649 g/mol. The lowest BCUT2D eigenvalue weighted by Gasteiger charge is -2.28. The van der Waals surface area contributed by atoms with E-state index in [-0.39, 0.29) is 4.90 Å². The average molecular weight is 650 g/mol. The van der Waals surface area contributed by atoms with Crippen molar-refractivity contribution < 1.29 is 31.5 Å². The van der Waals surface area contributed by atoms with Gasteiger partial charge in [-0.25, -0.2) is 22.9 Å². The molecule has 5 rings (SSSR count). The number of anilines is 3. The van der Waals surface area contributed by atoms with E-state index in [0.717, 1.165) is 54.6 Å². The number of carboxylic acids is 1. The highest BCUT2D eigenvalue weighted by molar-refractivity contribution is 7.89. The molecule has 4 aromatic rings. The average Bonchev–Trinajstić information content (AvgIpc) is 3.00. The predicted octanol–water partition coefficient (Wildman–Crippen LogP) is 6.86. The Kier molecular flexibility index (Phi) is 11.0. The molecule has 234 valence electrons. The summed E-state index contributed by atoms with van der Waals surface area (Å²) in [7, 11) is -3.52. The molecule has 0 saturated heterocycles. The summed E-state index contributed by atoms with van der Waals surface area (Å²) < 4.78 is 59.6. The van der Waals surface area contributed by atoms with Gasteiger partial charge in [-0.1, -0.05) is 41.9 Å². The predicted molar refractivity (Wildman–Crippen MR) is 164 cm³/mol. The second-order valence-electron chi connectivity index (χ2n) is 10.3. The van der Waals surface area contributed by atoms with Crippen LogP contribution >= 0.6 is 11.6 Å². The van der Waals surface area contributed by atoms with E-state index in [1.807, 2.05) is 54.6 Å². The van der Waals surface area contributed by atoms with Crippen LogP contribution in [0.4, 0.5) is 30.6 Å². The number of carboxylic acid groups (broad SMARTS) is 1. The van der Waals surface area contributed by atoms with Crippen LogP contribution in [0.15, 0.2) is 83.8 Å². The number of benzene rings is 3. The highest BCUT2D eigenvalue weighted by Crippen LogP contribution is 2.30. The molecule has 1 aliphatic rings. The number of aliphatic carboxylic acids is 1. The maximum absolute atomic E-state index is 12.6. The number of hydrogen-bond acceptors (Lipinski definition) is 7. The van der Waals surface area contributed by atoms with Gasteiger partial charge in [0, 0.05) is 29.2 Å². The Hall–Kier alpha value is -3.94. The minimum Gasteiger partial charge on any atom is -0.475 e. The first-order valence-corrected chi connectivity index (χ1v) is 15.6. The molecule has 1 aromatic heterocycles. The van der Waals surface area contributed by atoms with Crippen LogP contribution < -0.4 is 15.4 Å². The topological polar surface area (TPSA) is 133 Å². The Morgan fingerprint density at radius 3 is 2.05 bits per heavy atom. The van der Waals surface area contributed by atoms with Crippen LogP contribution in [0.5, 0.6) is 0 Å². The third kappa shape index (κ3) is 9.53. The zero-order valence-corrected chi connectivity index (χ0v) is 25.0. The number of nitrogens with one attached hydrogen (secondary N) is 3. The van der Waals surface area contributed by atoms with Crippen molar-refractivity contribution in [3.8, 4) is 0 Å². The molecule has 0 atom stereocenters. The molecule has 0 aliphatic heterocycles. The van der Waals surface area contributed by atoms with Crippen molar-refractivity contribution in [2.24, 2.45) is 11.8 Å². The van der Waals surface area contributed by atoms with Crippen LogP contribution in [-0.4, -0.2) is 48.7 Å². The molecule has 1 heterocycles. The van der Waals surface area contributed by atoms with Gasteiger partial charge in [-0.2, -0.15) is 18.2 Å².